The summed E-state index contributed by atoms with van der Waals surface area (Å²) in [6.45, 7) is -2.84. The molecule has 1 N–H and O–H groups in total. The Morgan fingerprint density at radius 2 is 2.23 bits per heavy atom. The number of ether oxygens (including phenoxy) is 1. The summed E-state index contributed by atoms with van der Waals surface area (Å²) >= 11 is 0. The molecule has 0 spiro atoms. The number of rotatable bonds is 5. The minimum atomic E-state index is -2.73. The van der Waals surface area contributed by atoms with Crippen LogP contribution in [0.4, 0.5) is 8.78 Å². The Bertz CT molecular complexity index is 673. The standard InChI is InChI=1S/C14H15F2N3O3/c1-18(8-12-17-5-6-19(12)14(15)16)13(21)10-4-3-9(22-2)7-11(10)20/h3-7,14,20H,8H2,1-2H3. The molecule has 0 saturated carbocycles. The van der Waals surface area contributed by atoms with Crippen molar-refractivity contribution >= 4 is 5.91 Å². The van der Waals surface area contributed by atoms with Crippen LogP contribution >= 0.6 is 0 Å². The predicted octanol–water partition coefficient (Wildman–Crippen LogP) is 2.26. The maximum Gasteiger partial charge on any atom is 0.319 e. The molecule has 2 rings (SSSR count). The van der Waals surface area contributed by atoms with Crippen LogP contribution in [0.15, 0.2) is 30.6 Å². The number of aromatic nitrogens is 2. The highest BCUT2D eigenvalue weighted by atomic mass is 19.3. The molecule has 0 aliphatic heterocycles. The van der Waals surface area contributed by atoms with Crippen LogP contribution in [0.1, 0.15) is 22.7 Å². The highest BCUT2D eigenvalue weighted by Crippen LogP contribution is 2.25. The van der Waals surface area contributed by atoms with Gasteiger partial charge in [-0.05, 0) is 12.1 Å². The van der Waals surface area contributed by atoms with Gasteiger partial charge >= 0.3 is 6.55 Å². The summed E-state index contributed by atoms with van der Waals surface area (Å²) in [6.07, 6.45) is 2.38. The Labute approximate surface area is 125 Å². The SMILES string of the molecule is COc1ccc(C(=O)N(C)Cc2nccn2C(F)F)c(O)c1. The lowest BCUT2D eigenvalue weighted by Gasteiger charge is -2.18. The van der Waals surface area contributed by atoms with E-state index in [-0.39, 0.29) is 23.7 Å². The van der Waals surface area contributed by atoms with Crippen LogP contribution in [-0.2, 0) is 6.54 Å². The maximum absolute atomic E-state index is 12.7. The van der Waals surface area contributed by atoms with Crippen molar-refractivity contribution in [2.75, 3.05) is 14.2 Å². The molecular weight excluding hydrogens is 296 g/mol. The van der Waals surface area contributed by atoms with E-state index in [2.05, 4.69) is 4.98 Å². The van der Waals surface area contributed by atoms with E-state index in [9.17, 15) is 18.7 Å². The summed E-state index contributed by atoms with van der Waals surface area (Å²) in [6, 6.07) is 4.24. The number of halogens is 2. The molecule has 22 heavy (non-hydrogen) atoms. The number of hydrogen-bond donors (Lipinski definition) is 1. The van der Waals surface area contributed by atoms with Crippen LogP contribution in [0.2, 0.25) is 0 Å². The van der Waals surface area contributed by atoms with Crippen molar-refractivity contribution in [3.8, 4) is 11.5 Å². The quantitative estimate of drug-likeness (QED) is 0.920. The topological polar surface area (TPSA) is 67.6 Å². The molecule has 1 heterocycles. The first-order chi connectivity index (χ1) is 10.4. The summed E-state index contributed by atoms with van der Waals surface area (Å²) in [5, 5.41) is 9.84. The third kappa shape index (κ3) is 3.16. The van der Waals surface area contributed by atoms with Crippen LogP contribution in [0.3, 0.4) is 0 Å². The molecule has 0 aliphatic carbocycles. The molecular formula is C14H15F2N3O3. The number of phenols is 1. The first-order valence-electron chi connectivity index (χ1n) is 6.36. The average molecular weight is 311 g/mol. The van der Waals surface area contributed by atoms with Crippen LogP contribution in [0.25, 0.3) is 0 Å². The van der Waals surface area contributed by atoms with Crippen LogP contribution in [-0.4, -0.2) is 39.6 Å². The highest BCUT2D eigenvalue weighted by Gasteiger charge is 2.19. The molecule has 0 fully saturated rings. The van der Waals surface area contributed by atoms with E-state index in [0.717, 1.165) is 6.20 Å². The van der Waals surface area contributed by atoms with Crippen molar-refractivity contribution in [1.29, 1.82) is 0 Å². The van der Waals surface area contributed by atoms with Gasteiger partial charge in [0.2, 0.25) is 0 Å². The number of benzene rings is 1. The van der Waals surface area contributed by atoms with Crippen molar-refractivity contribution < 1.29 is 23.4 Å². The Hall–Kier alpha value is -2.64. The van der Waals surface area contributed by atoms with Crippen molar-refractivity contribution in [3.05, 3.63) is 42.0 Å². The van der Waals surface area contributed by atoms with Gasteiger partial charge in [0.05, 0.1) is 19.2 Å². The number of amides is 1. The fourth-order valence-electron chi connectivity index (χ4n) is 1.95. The normalized spacial score (nSPS) is 10.8. The minimum Gasteiger partial charge on any atom is -0.507 e. The Kier molecular flexibility index (Phi) is 4.59. The van der Waals surface area contributed by atoms with Crippen molar-refractivity contribution in [2.24, 2.45) is 0 Å². The smallest absolute Gasteiger partial charge is 0.319 e. The fourth-order valence-corrected chi connectivity index (χ4v) is 1.95. The molecule has 0 aliphatic rings. The summed E-state index contributed by atoms with van der Waals surface area (Å²) < 4.78 is 31.1. The number of alkyl halides is 2. The molecule has 0 unspecified atom stereocenters. The molecule has 2 aromatic rings. The lowest BCUT2D eigenvalue weighted by atomic mass is 10.1. The molecule has 0 radical (unpaired) electrons. The van der Waals surface area contributed by atoms with Crippen LogP contribution in [0.5, 0.6) is 11.5 Å². The molecule has 1 aromatic carbocycles. The van der Waals surface area contributed by atoms with Gasteiger partial charge in [0, 0.05) is 25.5 Å². The second kappa shape index (κ2) is 6.42. The minimum absolute atomic E-state index is 0.0541. The summed E-state index contributed by atoms with van der Waals surface area (Å²) in [5.74, 6) is -0.291. The molecule has 1 aromatic heterocycles. The predicted molar refractivity (Wildman–Crippen MR) is 73.9 cm³/mol. The van der Waals surface area contributed by atoms with Gasteiger partial charge in [-0.1, -0.05) is 0 Å². The first-order valence-corrected chi connectivity index (χ1v) is 6.36. The average Bonchev–Trinajstić information content (AvgIpc) is 2.94. The van der Waals surface area contributed by atoms with Gasteiger partial charge in [-0.3, -0.25) is 9.36 Å². The number of carbonyl (C=O) groups excluding carboxylic acids is 1. The second-order valence-electron chi connectivity index (χ2n) is 4.57. The van der Waals surface area contributed by atoms with E-state index in [1.165, 1.54) is 43.5 Å². The van der Waals surface area contributed by atoms with Gasteiger partial charge in [0.15, 0.2) is 0 Å². The van der Waals surface area contributed by atoms with Crippen LogP contribution in [0, 0.1) is 0 Å². The number of carbonyl (C=O) groups is 1. The lowest BCUT2D eigenvalue weighted by Crippen LogP contribution is -2.28. The Morgan fingerprint density at radius 1 is 1.50 bits per heavy atom. The van der Waals surface area contributed by atoms with Gasteiger partial charge in [0.25, 0.3) is 5.91 Å². The van der Waals surface area contributed by atoms with Gasteiger partial charge in [-0.25, -0.2) is 4.98 Å². The number of imidazole rings is 1. The highest BCUT2D eigenvalue weighted by molar-refractivity contribution is 5.96. The number of methoxy groups -OCH3 is 1. The van der Waals surface area contributed by atoms with E-state index < -0.39 is 12.5 Å². The number of hydrogen-bond acceptors (Lipinski definition) is 4. The zero-order valence-electron chi connectivity index (χ0n) is 12.0. The summed E-state index contributed by atoms with van der Waals surface area (Å²) in [5.41, 5.74) is 0.0541. The molecule has 118 valence electrons. The first kappa shape index (κ1) is 15.7. The van der Waals surface area contributed by atoms with E-state index in [1.54, 1.807) is 0 Å². The van der Waals surface area contributed by atoms with Gasteiger partial charge in [-0.15, -0.1) is 0 Å². The lowest BCUT2D eigenvalue weighted by molar-refractivity contribution is 0.0611. The van der Waals surface area contributed by atoms with Gasteiger partial charge < -0.3 is 14.7 Å². The fraction of sp³-hybridized carbons (Fsp3) is 0.286. The third-order valence-electron chi connectivity index (χ3n) is 3.12. The molecule has 0 bridgehead atoms. The maximum atomic E-state index is 12.7. The monoisotopic (exact) mass is 311 g/mol. The van der Waals surface area contributed by atoms with E-state index in [4.69, 9.17) is 4.74 Å². The largest absolute Gasteiger partial charge is 0.507 e. The summed E-state index contributed by atoms with van der Waals surface area (Å²) in [4.78, 5) is 17.3. The number of aromatic hydroxyl groups is 1. The van der Waals surface area contributed by atoms with Crippen LogP contribution < -0.4 is 4.74 Å². The van der Waals surface area contributed by atoms with Crippen molar-refractivity contribution in [1.82, 2.24) is 14.5 Å². The zero-order valence-corrected chi connectivity index (χ0v) is 12.0. The van der Waals surface area contributed by atoms with E-state index in [1.807, 2.05) is 0 Å². The van der Waals surface area contributed by atoms with Crippen molar-refractivity contribution in [3.63, 3.8) is 0 Å². The molecule has 8 heteroatoms. The summed E-state index contributed by atoms with van der Waals surface area (Å²) in [7, 11) is 2.88. The Balaban J connectivity index is 2.17. The Morgan fingerprint density at radius 3 is 2.82 bits per heavy atom. The van der Waals surface area contributed by atoms with E-state index in [0.29, 0.717) is 10.3 Å². The van der Waals surface area contributed by atoms with E-state index >= 15 is 0 Å². The zero-order chi connectivity index (χ0) is 16.3. The molecule has 0 saturated heterocycles. The molecule has 0 atom stereocenters. The second-order valence-corrected chi connectivity index (χ2v) is 4.57. The number of phenolic OH excluding ortho intramolecular Hbond substituents is 1. The third-order valence-corrected chi connectivity index (χ3v) is 3.12. The van der Waals surface area contributed by atoms with Gasteiger partial charge in [-0.2, -0.15) is 8.78 Å². The molecule has 6 nitrogen and oxygen atoms in total. The van der Waals surface area contributed by atoms with Gasteiger partial charge in [0.1, 0.15) is 17.3 Å². The molecule has 1 amide bonds. The van der Waals surface area contributed by atoms with Crippen molar-refractivity contribution in [2.45, 2.75) is 13.1 Å². The number of nitrogens with zero attached hydrogens (tertiary/aromatic N) is 3.